The topological polar surface area (TPSA) is 98.4 Å². The minimum absolute atomic E-state index is 0.0486. The molecule has 2 N–H and O–H groups in total. The molecule has 25 heavy (non-hydrogen) atoms. The van der Waals surface area contributed by atoms with Crippen molar-refractivity contribution in [3.63, 3.8) is 0 Å². The summed E-state index contributed by atoms with van der Waals surface area (Å²) in [6.07, 6.45) is 3.74. The van der Waals surface area contributed by atoms with Crippen molar-refractivity contribution in [2.75, 3.05) is 20.2 Å². The maximum Gasteiger partial charge on any atom is 0.341 e. The number of hydrogen-bond acceptors (Lipinski definition) is 6. The van der Waals surface area contributed by atoms with Gasteiger partial charge in [0, 0.05) is 32.3 Å². The zero-order valence-corrected chi connectivity index (χ0v) is 14.5. The number of nitrogens with one attached hydrogen (secondary N) is 2. The fourth-order valence-corrected chi connectivity index (χ4v) is 3.18. The standard InChI is InChI=1S/C17H22N4O4/c1-10-13(17(23)24-3)4-12(25-10)6-19-16(22)15-8-18-7-14(15)11-5-20-21(2)9-11/h4-5,9,14-15,18H,6-8H2,1-3H3,(H,19,22)/t14-,15+/m1/s1. The highest BCUT2D eigenvalue weighted by Gasteiger charge is 2.34. The molecular weight excluding hydrogens is 324 g/mol. The highest BCUT2D eigenvalue weighted by atomic mass is 16.5. The molecule has 1 amide bonds. The number of carbonyl (C=O) groups is 2. The van der Waals surface area contributed by atoms with Crippen LogP contribution in [-0.2, 0) is 23.1 Å². The Labute approximate surface area is 145 Å². The average molecular weight is 346 g/mol. The second kappa shape index (κ2) is 7.10. The smallest absolute Gasteiger partial charge is 0.341 e. The van der Waals surface area contributed by atoms with Gasteiger partial charge in [-0.2, -0.15) is 5.10 Å². The maximum atomic E-state index is 12.6. The molecule has 8 heteroatoms. The number of methoxy groups -OCH3 is 1. The van der Waals surface area contributed by atoms with Gasteiger partial charge in [-0.25, -0.2) is 4.79 Å². The number of amides is 1. The molecule has 1 aliphatic heterocycles. The summed E-state index contributed by atoms with van der Waals surface area (Å²) in [6.45, 7) is 3.29. The van der Waals surface area contributed by atoms with Gasteiger partial charge in [-0.1, -0.05) is 0 Å². The highest BCUT2D eigenvalue weighted by molar-refractivity contribution is 5.90. The van der Waals surface area contributed by atoms with Crippen LogP contribution in [0.15, 0.2) is 22.9 Å². The van der Waals surface area contributed by atoms with E-state index in [1.807, 2.05) is 13.2 Å². The van der Waals surface area contributed by atoms with Gasteiger partial charge in [0.1, 0.15) is 17.1 Å². The Hall–Kier alpha value is -2.61. The summed E-state index contributed by atoms with van der Waals surface area (Å²) < 4.78 is 12.0. The van der Waals surface area contributed by atoms with E-state index in [1.165, 1.54) is 7.11 Å². The molecule has 3 heterocycles. The molecule has 2 atom stereocenters. The summed E-state index contributed by atoms with van der Waals surface area (Å²) in [5, 5.41) is 10.3. The lowest BCUT2D eigenvalue weighted by atomic mass is 9.90. The number of aryl methyl sites for hydroxylation is 2. The molecule has 134 valence electrons. The molecule has 8 nitrogen and oxygen atoms in total. The molecule has 1 aliphatic rings. The van der Waals surface area contributed by atoms with Crippen molar-refractivity contribution >= 4 is 11.9 Å². The first kappa shape index (κ1) is 17.2. The molecule has 0 spiro atoms. The SMILES string of the molecule is COC(=O)c1cc(CNC(=O)[C@H]2CNC[C@@H]2c2cnn(C)c2)oc1C. The van der Waals surface area contributed by atoms with Crippen molar-refractivity contribution < 1.29 is 18.7 Å². The van der Waals surface area contributed by atoms with E-state index >= 15 is 0 Å². The van der Waals surface area contributed by atoms with E-state index in [4.69, 9.17) is 9.15 Å². The van der Waals surface area contributed by atoms with Gasteiger partial charge >= 0.3 is 5.97 Å². The second-order valence-electron chi connectivity index (χ2n) is 6.21. The lowest BCUT2D eigenvalue weighted by Crippen LogP contribution is -2.33. The summed E-state index contributed by atoms with van der Waals surface area (Å²) in [5.74, 6) is 0.433. The first-order valence-corrected chi connectivity index (χ1v) is 8.14. The summed E-state index contributed by atoms with van der Waals surface area (Å²) in [6, 6.07) is 1.60. The molecule has 0 bridgehead atoms. The van der Waals surface area contributed by atoms with Crippen molar-refractivity contribution in [1.29, 1.82) is 0 Å². The van der Waals surface area contributed by atoms with E-state index in [-0.39, 0.29) is 24.3 Å². The van der Waals surface area contributed by atoms with Crippen LogP contribution in [0, 0.1) is 12.8 Å². The Morgan fingerprint density at radius 3 is 2.96 bits per heavy atom. The van der Waals surface area contributed by atoms with Gasteiger partial charge in [-0.05, 0) is 18.6 Å². The Kier molecular flexibility index (Phi) is 4.89. The van der Waals surface area contributed by atoms with E-state index in [2.05, 4.69) is 15.7 Å². The zero-order valence-electron chi connectivity index (χ0n) is 14.5. The highest BCUT2D eigenvalue weighted by Crippen LogP contribution is 2.28. The van der Waals surface area contributed by atoms with Gasteiger partial charge in [0.25, 0.3) is 0 Å². The van der Waals surface area contributed by atoms with Crippen LogP contribution < -0.4 is 10.6 Å². The van der Waals surface area contributed by atoms with Gasteiger partial charge < -0.3 is 19.8 Å². The number of esters is 1. The number of nitrogens with zero attached hydrogens (tertiary/aromatic N) is 2. The Morgan fingerprint density at radius 2 is 2.28 bits per heavy atom. The Balaban J connectivity index is 1.63. The van der Waals surface area contributed by atoms with Crippen LogP contribution in [0.4, 0.5) is 0 Å². The number of hydrogen-bond donors (Lipinski definition) is 2. The molecule has 0 aliphatic carbocycles. The minimum atomic E-state index is -0.449. The van der Waals surface area contributed by atoms with Crippen LogP contribution in [0.5, 0.6) is 0 Å². The van der Waals surface area contributed by atoms with Crippen molar-refractivity contribution in [2.24, 2.45) is 13.0 Å². The number of aromatic nitrogens is 2. The average Bonchev–Trinajstić information content (AvgIpc) is 3.31. The Bertz CT molecular complexity index is 779. The predicted molar refractivity (Wildman–Crippen MR) is 88.9 cm³/mol. The number of furan rings is 1. The summed E-state index contributed by atoms with van der Waals surface area (Å²) >= 11 is 0. The third-order valence-electron chi connectivity index (χ3n) is 4.51. The van der Waals surface area contributed by atoms with Crippen LogP contribution in [-0.4, -0.2) is 41.9 Å². The van der Waals surface area contributed by atoms with E-state index < -0.39 is 5.97 Å². The third-order valence-corrected chi connectivity index (χ3v) is 4.51. The van der Waals surface area contributed by atoms with E-state index in [9.17, 15) is 9.59 Å². The fourth-order valence-electron chi connectivity index (χ4n) is 3.18. The Morgan fingerprint density at radius 1 is 1.48 bits per heavy atom. The number of carbonyl (C=O) groups excluding carboxylic acids is 2. The van der Waals surface area contributed by atoms with Crippen LogP contribution in [0.3, 0.4) is 0 Å². The van der Waals surface area contributed by atoms with E-state index in [0.717, 1.165) is 12.1 Å². The molecule has 0 aromatic carbocycles. The molecule has 0 saturated carbocycles. The van der Waals surface area contributed by atoms with Gasteiger partial charge in [-0.3, -0.25) is 9.48 Å². The van der Waals surface area contributed by atoms with E-state index in [0.29, 0.717) is 23.6 Å². The van der Waals surface area contributed by atoms with Crippen molar-refractivity contribution in [3.05, 3.63) is 41.1 Å². The van der Waals surface area contributed by atoms with Crippen LogP contribution >= 0.6 is 0 Å². The predicted octanol–water partition coefficient (Wildman–Crippen LogP) is 0.728. The lowest BCUT2D eigenvalue weighted by Gasteiger charge is -2.16. The van der Waals surface area contributed by atoms with Crippen LogP contribution in [0.25, 0.3) is 0 Å². The van der Waals surface area contributed by atoms with Crippen LogP contribution in [0.2, 0.25) is 0 Å². The minimum Gasteiger partial charge on any atom is -0.465 e. The normalized spacial score (nSPS) is 19.8. The van der Waals surface area contributed by atoms with Crippen molar-refractivity contribution in [3.8, 4) is 0 Å². The molecule has 0 radical (unpaired) electrons. The molecule has 1 saturated heterocycles. The molecule has 0 unspecified atom stereocenters. The van der Waals surface area contributed by atoms with Gasteiger partial charge in [0.2, 0.25) is 5.91 Å². The third kappa shape index (κ3) is 3.58. The monoisotopic (exact) mass is 346 g/mol. The molecule has 2 aromatic heterocycles. The summed E-state index contributed by atoms with van der Waals surface area (Å²) in [4.78, 5) is 24.2. The summed E-state index contributed by atoms with van der Waals surface area (Å²) in [7, 11) is 3.18. The van der Waals surface area contributed by atoms with Crippen molar-refractivity contribution in [1.82, 2.24) is 20.4 Å². The largest absolute Gasteiger partial charge is 0.465 e. The quantitative estimate of drug-likeness (QED) is 0.775. The number of ether oxygens (including phenoxy) is 1. The van der Waals surface area contributed by atoms with Gasteiger partial charge in [0.05, 0.1) is 25.8 Å². The van der Waals surface area contributed by atoms with Crippen LogP contribution in [0.1, 0.15) is 33.4 Å². The maximum absolute atomic E-state index is 12.6. The lowest BCUT2D eigenvalue weighted by molar-refractivity contribution is -0.125. The van der Waals surface area contributed by atoms with Gasteiger partial charge in [0.15, 0.2) is 0 Å². The molecule has 3 rings (SSSR count). The molecule has 1 fully saturated rings. The van der Waals surface area contributed by atoms with E-state index in [1.54, 1.807) is 23.9 Å². The van der Waals surface area contributed by atoms with Crippen molar-refractivity contribution in [2.45, 2.75) is 19.4 Å². The molecular formula is C17H22N4O4. The summed E-state index contributed by atoms with van der Waals surface area (Å²) in [5.41, 5.74) is 1.43. The molecule has 2 aromatic rings. The number of rotatable bonds is 5. The zero-order chi connectivity index (χ0) is 18.0. The second-order valence-corrected chi connectivity index (χ2v) is 6.21. The first-order chi connectivity index (χ1) is 12.0. The van der Waals surface area contributed by atoms with Gasteiger partial charge in [-0.15, -0.1) is 0 Å². The first-order valence-electron chi connectivity index (χ1n) is 8.14. The fraction of sp³-hybridized carbons (Fsp3) is 0.471.